The van der Waals surface area contributed by atoms with Crippen molar-refractivity contribution >= 4 is 11.7 Å². The van der Waals surface area contributed by atoms with Crippen molar-refractivity contribution < 1.29 is 9.21 Å². The minimum Gasteiger partial charge on any atom is -0.467 e. The molecule has 3 rings (SSSR count). The van der Waals surface area contributed by atoms with Crippen LogP contribution in [-0.4, -0.2) is 50.4 Å². The van der Waals surface area contributed by atoms with Crippen molar-refractivity contribution in [3.63, 3.8) is 0 Å². The molecule has 0 atom stereocenters. The van der Waals surface area contributed by atoms with Crippen LogP contribution in [0, 0.1) is 0 Å². The predicted octanol–water partition coefficient (Wildman–Crippen LogP) is 1.66. The Labute approximate surface area is 147 Å². The average Bonchev–Trinajstić information content (AvgIpc) is 3.32. The van der Waals surface area contributed by atoms with Gasteiger partial charge in [0.2, 0.25) is 0 Å². The highest BCUT2D eigenvalue weighted by Gasteiger charge is 2.15. The number of rotatable bonds is 7. The van der Waals surface area contributed by atoms with Crippen LogP contribution in [0.2, 0.25) is 0 Å². The Balaban J connectivity index is 1.54. The first-order chi connectivity index (χ1) is 12.2. The van der Waals surface area contributed by atoms with Gasteiger partial charge in [0.25, 0.3) is 5.91 Å². The Morgan fingerprint density at radius 1 is 1.36 bits per heavy atom. The predicted molar refractivity (Wildman–Crippen MR) is 98.0 cm³/mol. The van der Waals surface area contributed by atoms with Crippen LogP contribution in [0.1, 0.15) is 27.2 Å². The van der Waals surface area contributed by atoms with Gasteiger partial charge < -0.3 is 20.0 Å². The first-order valence-corrected chi connectivity index (χ1v) is 8.52. The smallest absolute Gasteiger partial charge is 0.256 e. The zero-order chi connectivity index (χ0) is 17.6. The van der Waals surface area contributed by atoms with E-state index < -0.39 is 0 Å². The van der Waals surface area contributed by atoms with E-state index in [4.69, 9.17) is 4.42 Å². The van der Waals surface area contributed by atoms with Gasteiger partial charge >= 0.3 is 0 Å². The van der Waals surface area contributed by atoms with Crippen molar-refractivity contribution in [1.29, 1.82) is 0 Å². The molecule has 6 heteroatoms. The lowest BCUT2D eigenvalue weighted by atomic mass is 10.1. The molecule has 1 aromatic heterocycles. The lowest BCUT2D eigenvalue weighted by molar-refractivity contribution is 0.0796. The number of hydrogen-bond acceptors (Lipinski definition) is 5. The summed E-state index contributed by atoms with van der Waals surface area (Å²) in [5, 5.41) is 6.28. The van der Waals surface area contributed by atoms with Gasteiger partial charge in [-0.2, -0.15) is 0 Å². The SMILES string of the molecule is CNCc1cc(C(=O)N(C)CCc2ccc(C3=NCCN3)cc2)co1. The zero-order valence-corrected chi connectivity index (χ0v) is 14.7. The molecule has 2 aromatic rings. The maximum atomic E-state index is 12.4. The second-order valence-corrected chi connectivity index (χ2v) is 6.16. The monoisotopic (exact) mass is 340 g/mol. The fourth-order valence-corrected chi connectivity index (χ4v) is 2.80. The van der Waals surface area contributed by atoms with Crippen LogP contribution in [0.5, 0.6) is 0 Å². The summed E-state index contributed by atoms with van der Waals surface area (Å²) in [6.45, 7) is 3.02. The minimum absolute atomic E-state index is 0.0211. The number of benzene rings is 1. The molecule has 0 aliphatic carbocycles. The lowest BCUT2D eigenvalue weighted by Gasteiger charge is -2.16. The highest BCUT2D eigenvalue weighted by molar-refractivity contribution is 5.99. The summed E-state index contributed by atoms with van der Waals surface area (Å²) in [5.74, 6) is 1.71. The number of furan rings is 1. The summed E-state index contributed by atoms with van der Waals surface area (Å²) in [4.78, 5) is 18.6. The summed E-state index contributed by atoms with van der Waals surface area (Å²) in [7, 11) is 3.66. The number of amides is 1. The van der Waals surface area contributed by atoms with E-state index in [1.54, 1.807) is 11.0 Å². The molecule has 0 radical (unpaired) electrons. The van der Waals surface area contributed by atoms with Crippen LogP contribution in [0.15, 0.2) is 46.0 Å². The van der Waals surface area contributed by atoms with E-state index >= 15 is 0 Å². The number of hydrogen-bond donors (Lipinski definition) is 2. The Kier molecular flexibility index (Phi) is 5.50. The molecule has 1 aliphatic rings. The molecule has 0 saturated heterocycles. The number of carbonyl (C=O) groups is 1. The van der Waals surface area contributed by atoms with Crippen molar-refractivity contribution in [2.45, 2.75) is 13.0 Å². The molecule has 0 saturated carbocycles. The van der Waals surface area contributed by atoms with Crippen molar-refractivity contribution in [2.24, 2.45) is 4.99 Å². The van der Waals surface area contributed by atoms with Crippen LogP contribution < -0.4 is 10.6 Å². The summed E-state index contributed by atoms with van der Waals surface area (Å²) in [6, 6.07) is 10.1. The van der Waals surface area contributed by atoms with Gasteiger partial charge in [-0.25, -0.2) is 0 Å². The van der Waals surface area contributed by atoms with Gasteiger partial charge in [0.15, 0.2) is 0 Å². The Morgan fingerprint density at radius 2 is 2.16 bits per heavy atom. The quantitative estimate of drug-likeness (QED) is 0.804. The highest BCUT2D eigenvalue weighted by atomic mass is 16.3. The van der Waals surface area contributed by atoms with E-state index in [1.807, 2.05) is 14.1 Å². The molecule has 0 spiro atoms. The van der Waals surface area contributed by atoms with Gasteiger partial charge in [-0.15, -0.1) is 0 Å². The van der Waals surface area contributed by atoms with Gasteiger partial charge in [-0.3, -0.25) is 9.79 Å². The van der Waals surface area contributed by atoms with Gasteiger partial charge in [-0.1, -0.05) is 24.3 Å². The van der Waals surface area contributed by atoms with E-state index in [0.717, 1.165) is 36.7 Å². The molecule has 6 nitrogen and oxygen atoms in total. The maximum absolute atomic E-state index is 12.4. The number of amidine groups is 1. The Hall–Kier alpha value is -2.60. The third kappa shape index (κ3) is 4.28. The van der Waals surface area contributed by atoms with Crippen molar-refractivity contribution in [2.75, 3.05) is 33.7 Å². The van der Waals surface area contributed by atoms with Crippen LogP contribution in [0.25, 0.3) is 0 Å². The van der Waals surface area contributed by atoms with Gasteiger partial charge in [0.05, 0.1) is 18.7 Å². The van der Waals surface area contributed by atoms with Crippen LogP contribution in [0.3, 0.4) is 0 Å². The Bertz CT molecular complexity index is 749. The largest absolute Gasteiger partial charge is 0.467 e. The molecule has 2 N–H and O–H groups in total. The number of carbonyl (C=O) groups excluding carboxylic acids is 1. The van der Waals surface area contributed by atoms with Gasteiger partial charge in [0.1, 0.15) is 17.9 Å². The van der Waals surface area contributed by atoms with E-state index in [2.05, 4.69) is 39.9 Å². The molecule has 132 valence electrons. The molecular formula is C19H24N4O2. The van der Waals surface area contributed by atoms with E-state index in [9.17, 15) is 4.79 Å². The topological polar surface area (TPSA) is 69.9 Å². The molecule has 1 aromatic carbocycles. The molecule has 1 aliphatic heterocycles. The van der Waals surface area contributed by atoms with Crippen molar-refractivity contribution in [3.8, 4) is 0 Å². The van der Waals surface area contributed by atoms with Gasteiger partial charge in [-0.05, 0) is 25.1 Å². The first-order valence-electron chi connectivity index (χ1n) is 8.52. The average molecular weight is 340 g/mol. The van der Waals surface area contributed by atoms with E-state index in [1.165, 1.54) is 11.8 Å². The summed E-state index contributed by atoms with van der Waals surface area (Å²) >= 11 is 0. The number of aliphatic imine (C=N–C) groups is 1. The fourth-order valence-electron chi connectivity index (χ4n) is 2.80. The fraction of sp³-hybridized carbons (Fsp3) is 0.368. The maximum Gasteiger partial charge on any atom is 0.256 e. The summed E-state index contributed by atoms with van der Waals surface area (Å²) in [5.41, 5.74) is 2.90. The molecule has 0 fully saturated rings. The molecule has 0 bridgehead atoms. The van der Waals surface area contributed by atoms with E-state index in [0.29, 0.717) is 18.7 Å². The third-order valence-electron chi connectivity index (χ3n) is 4.24. The summed E-state index contributed by atoms with van der Waals surface area (Å²) in [6.07, 6.45) is 2.33. The molecule has 0 unspecified atom stereocenters. The van der Waals surface area contributed by atoms with Crippen LogP contribution >= 0.6 is 0 Å². The molecule has 1 amide bonds. The number of likely N-dealkylation sites (N-methyl/N-ethyl adjacent to an activating group) is 1. The molecule has 2 heterocycles. The van der Waals surface area contributed by atoms with Crippen molar-refractivity contribution in [3.05, 3.63) is 59.0 Å². The zero-order valence-electron chi connectivity index (χ0n) is 14.7. The van der Waals surface area contributed by atoms with Gasteiger partial charge in [0, 0.05) is 25.7 Å². The highest BCUT2D eigenvalue weighted by Crippen LogP contribution is 2.12. The van der Waals surface area contributed by atoms with E-state index in [-0.39, 0.29) is 5.91 Å². The first kappa shape index (κ1) is 17.2. The van der Waals surface area contributed by atoms with Crippen LogP contribution in [0.4, 0.5) is 0 Å². The standard InChI is InChI=1S/C19H24N4O2/c1-20-12-17-11-16(13-25-17)19(24)23(2)10-7-14-3-5-15(6-4-14)18-21-8-9-22-18/h3-6,11,13,20H,7-10,12H2,1-2H3,(H,21,22). The normalized spacial score (nSPS) is 13.4. The Morgan fingerprint density at radius 3 is 2.84 bits per heavy atom. The lowest BCUT2D eigenvalue weighted by Crippen LogP contribution is -2.28. The number of nitrogens with one attached hydrogen (secondary N) is 2. The second kappa shape index (κ2) is 7.98. The minimum atomic E-state index is -0.0211. The molecule has 25 heavy (non-hydrogen) atoms. The van der Waals surface area contributed by atoms with Crippen molar-refractivity contribution in [1.82, 2.24) is 15.5 Å². The number of nitrogens with zero attached hydrogens (tertiary/aromatic N) is 2. The molecular weight excluding hydrogens is 316 g/mol. The third-order valence-corrected chi connectivity index (χ3v) is 4.24. The summed E-state index contributed by atoms with van der Waals surface area (Å²) < 4.78 is 5.37. The second-order valence-electron chi connectivity index (χ2n) is 6.16. The van der Waals surface area contributed by atoms with Crippen LogP contribution in [-0.2, 0) is 13.0 Å².